The van der Waals surface area contributed by atoms with Crippen LogP contribution in [-0.2, 0) is 10.0 Å². The Balaban J connectivity index is 2.49. The summed E-state index contributed by atoms with van der Waals surface area (Å²) in [5.41, 5.74) is -0.804. The van der Waals surface area contributed by atoms with E-state index < -0.39 is 37.5 Å². The van der Waals surface area contributed by atoms with Crippen molar-refractivity contribution in [3.05, 3.63) is 34.1 Å². The number of benzene rings is 1. The predicted molar refractivity (Wildman–Crippen MR) is 62.4 cm³/mol. The lowest BCUT2D eigenvalue weighted by atomic mass is 10.3. The van der Waals surface area contributed by atoms with Crippen LogP contribution in [0.15, 0.2) is 23.1 Å². The first-order valence-corrected chi connectivity index (χ1v) is 6.88. The number of aliphatic hydroxyl groups excluding tert-OH is 1. The maximum Gasteiger partial charge on any atom is 0.292 e. The van der Waals surface area contributed by atoms with Crippen molar-refractivity contribution < 1.29 is 22.8 Å². The molecule has 0 amide bonds. The Morgan fingerprint density at radius 1 is 1.47 bits per heavy atom. The van der Waals surface area contributed by atoms with Gasteiger partial charge in [-0.25, -0.2) is 12.8 Å². The average Bonchev–Trinajstić information content (AvgIpc) is 2.76. The minimum absolute atomic E-state index is 0.0814. The maximum absolute atomic E-state index is 13.0. The van der Waals surface area contributed by atoms with Gasteiger partial charge in [0, 0.05) is 13.1 Å². The van der Waals surface area contributed by atoms with Gasteiger partial charge >= 0.3 is 0 Å². The van der Waals surface area contributed by atoms with E-state index in [2.05, 4.69) is 0 Å². The highest BCUT2D eigenvalue weighted by atomic mass is 32.2. The zero-order valence-corrected chi connectivity index (χ0v) is 10.5. The molecule has 9 heteroatoms. The minimum atomic E-state index is -4.10. The van der Waals surface area contributed by atoms with Gasteiger partial charge in [0.25, 0.3) is 5.69 Å². The highest BCUT2D eigenvalue weighted by Crippen LogP contribution is 2.29. The zero-order chi connectivity index (χ0) is 14.2. The van der Waals surface area contributed by atoms with Crippen LogP contribution in [0.1, 0.15) is 6.42 Å². The van der Waals surface area contributed by atoms with Crippen molar-refractivity contribution in [2.24, 2.45) is 0 Å². The quantitative estimate of drug-likeness (QED) is 0.645. The number of nitro groups is 1. The molecule has 0 bridgehead atoms. The molecule has 1 aliphatic rings. The molecule has 19 heavy (non-hydrogen) atoms. The average molecular weight is 290 g/mol. The molecular formula is C10H11FN2O5S. The Kier molecular flexibility index (Phi) is 3.52. The van der Waals surface area contributed by atoms with Crippen LogP contribution in [0.4, 0.5) is 10.1 Å². The Bertz CT molecular complexity index is 618. The second-order valence-electron chi connectivity index (χ2n) is 4.17. The number of halogens is 1. The van der Waals surface area contributed by atoms with Crippen LogP contribution in [0.2, 0.25) is 0 Å². The van der Waals surface area contributed by atoms with Gasteiger partial charge in [-0.15, -0.1) is 0 Å². The van der Waals surface area contributed by atoms with Gasteiger partial charge in [0.1, 0.15) is 5.82 Å². The van der Waals surface area contributed by atoms with Crippen molar-refractivity contribution in [1.82, 2.24) is 4.31 Å². The van der Waals surface area contributed by atoms with E-state index in [0.717, 1.165) is 16.4 Å². The van der Waals surface area contributed by atoms with Gasteiger partial charge in [0.05, 0.1) is 17.1 Å². The number of rotatable bonds is 3. The van der Waals surface area contributed by atoms with Gasteiger partial charge in [-0.3, -0.25) is 10.1 Å². The van der Waals surface area contributed by atoms with Crippen molar-refractivity contribution in [3.63, 3.8) is 0 Å². The lowest BCUT2D eigenvalue weighted by molar-refractivity contribution is -0.388. The minimum Gasteiger partial charge on any atom is -0.392 e. The number of hydrogen-bond donors (Lipinski definition) is 1. The third-order valence-electron chi connectivity index (χ3n) is 2.86. The molecule has 7 nitrogen and oxygen atoms in total. The molecule has 1 atom stereocenters. The van der Waals surface area contributed by atoms with Crippen LogP contribution < -0.4 is 0 Å². The van der Waals surface area contributed by atoms with E-state index in [1.807, 2.05) is 0 Å². The normalized spacial score (nSPS) is 20.6. The van der Waals surface area contributed by atoms with Gasteiger partial charge in [-0.1, -0.05) is 0 Å². The SMILES string of the molecule is O=[N+]([O-])c1cc(F)ccc1S(=O)(=O)N1CCC(O)C1. The standard InChI is InChI=1S/C10H11FN2O5S/c11-7-1-2-10(9(5-7)13(15)16)19(17,18)12-4-3-8(14)6-12/h1-2,5,8,14H,3-4,6H2. The topological polar surface area (TPSA) is 101 Å². The Hall–Kier alpha value is -1.58. The van der Waals surface area contributed by atoms with Crippen LogP contribution in [0.25, 0.3) is 0 Å². The largest absolute Gasteiger partial charge is 0.392 e. The van der Waals surface area contributed by atoms with E-state index in [9.17, 15) is 28.0 Å². The summed E-state index contributed by atoms with van der Waals surface area (Å²) in [4.78, 5) is 9.30. The fourth-order valence-electron chi connectivity index (χ4n) is 1.92. The van der Waals surface area contributed by atoms with Gasteiger partial charge < -0.3 is 5.11 Å². The van der Waals surface area contributed by atoms with Crippen molar-refractivity contribution in [2.45, 2.75) is 17.4 Å². The first-order chi connectivity index (χ1) is 8.82. The van der Waals surface area contributed by atoms with Gasteiger partial charge in [0.15, 0.2) is 4.90 Å². The molecule has 1 saturated heterocycles. The summed E-state index contributed by atoms with van der Waals surface area (Å²) in [7, 11) is -4.10. The third-order valence-corrected chi connectivity index (χ3v) is 4.77. The van der Waals surface area contributed by atoms with Crippen molar-refractivity contribution in [3.8, 4) is 0 Å². The molecule has 2 rings (SSSR count). The second-order valence-corrected chi connectivity index (χ2v) is 6.08. The molecule has 1 aromatic carbocycles. The maximum atomic E-state index is 13.0. The van der Waals surface area contributed by atoms with Crippen LogP contribution in [0.5, 0.6) is 0 Å². The molecule has 1 N–H and O–H groups in total. The van der Waals surface area contributed by atoms with Gasteiger partial charge in [-0.2, -0.15) is 4.31 Å². The van der Waals surface area contributed by atoms with Crippen molar-refractivity contribution in [2.75, 3.05) is 13.1 Å². The van der Waals surface area contributed by atoms with E-state index >= 15 is 0 Å². The van der Waals surface area contributed by atoms with E-state index in [4.69, 9.17) is 0 Å². The van der Waals surface area contributed by atoms with E-state index in [1.54, 1.807) is 0 Å². The molecule has 1 unspecified atom stereocenters. The number of nitro benzene ring substituents is 1. The first-order valence-electron chi connectivity index (χ1n) is 5.44. The van der Waals surface area contributed by atoms with E-state index in [0.29, 0.717) is 6.07 Å². The molecule has 1 aromatic rings. The van der Waals surface area contributed by atoms with Gasteiger partial charge in [0.2, 0.25) is 10.0 Å². The highest BCUT2D eigenvalue weighted by Gasteiger charge is 2.36. The number of aliphatic hydroxyl groups is 1. The smallest absolute Gasteiger partial charge is 0.292 e. The fraction of sp³-hybridized carbons (Fsp3) is 0.400. The molecule has 1 heterocycles. The third kappa shape index (κ3) is 2.57. The molecule has 1 aliphatic heterocycles. The molecule has 104 valence electrons. The molecule has 0 radical (unpaired) electrons. The van der Waals surface area contributed by atoms with E-state index in [-0.39, 0.29) is 19.5 Å². The van der Waals surface area contributed by atoms with Crippen LogP contribution in [-0.4, -0.2) is 41.9 Å². The van der Waals surface area contributed by atoms with Crippen LogP contribution >= 0.6 is 0 Å². The zero-order valence-electron chi connectivity index (χ0n) is 9.69. The van der Waals surface area contributed by atoms with Crippen LogP contribution in [0.3, 0.4) is 0 Å². The Morgan fingerprint density at radius 3 is 2.68 bits per heavy atom. The van der Waals surface area contributed by atoms with E-state index in [1.165, 1.54) is 0 Å². The molecule has 0 spiro atoms. The first kappa shape index (κ1) is 13.8. The lowest BCUT2D eigenvalue weighted by Gasteiger charge is -2.15. The predicted octanol–water partition coefficient (Wildman–Crippen LogP) is 0.489. The highest BCUT2D eigenvalue weighted by molar-refractivity contribution is 7.89. The fourth-order valence-corrected chi connectivity index (χ4v) is 3.55. The molecule has 0 saturated carbocycles. The lowest BCUT2D eigenvalue weighted by Crippen LogP contribution is -2.30. The number of nitrogens with zero attached hydrogens (tertiary/aromatic N) is 2. The molecular weight excluding hydrogens is 279 g/mol. The molecule has 1 fully saturated rings. The summed E-state index contributed by atoms with van der Waals surface area (Å²) in [6.07, 6.45) is -0.511. The Morgan fingerprint density at radius 2 is 2.16 bits per heavy atom. The number of sulfonamides is 1. The molecule has 0 aliphatic carbocycles. The van der Waals surface area contributed by atoms with Gasteiger partial charge in [-0.05, 0) is 18.6 Å². The summed E-state index contributed by atoms with van der Waals surface area (Å²) in [5.74, 6) is -0.882. The summed E-state index contributed by atoms with van der Waals surface area (Å²) in [6, 6.07) is 2.29. The monoisotopic (exact) mass is 290 g/mol. The molecule has 0 aromatic heterocycles. The second kappa shape index (κ2) is 4.83. The van der Waals surface area contributed by atoms with Crippen molar-refractivity contribution in [1.29, 1.82) is 0 Å². The Labute approximate surface area is 108 Å². The van der Waals surface area contributed by atoms with Crippen molar-refractivity contribution >= 4 is 15.7 Å². The summed E-state index contributed by atoms with van der Waals surface area (Å²) in [5, 5.41) is 20.1. The summed E-state index contributed by atoms with van der Waals surface area (Å²) >= 11 is 0. The summed E-state index contributed by atoms with van der Waals surface area (Å²) < 4.78 is 38.3. The summed E-state index contributed by atoms with van der Waals surface area (Å²) in [6.45, 7) is -0.0328. The number of β-amino-alcohol motifs (C(OH)–C–C–N with tert-alkyl or cyclic N) is 1. The number of hydrogen-bond acceptors (Lipinski definition) is 5. The van der Waals surface area contributed by atoms with Crippen LogP contribution in [0, 0.1) is 15.9 Å².